The van der Waals surface area contributed by atoms with Gasteiger partial charge in [0.15, 0.2) is 0 Å². The van der Waals surface area contributed by atoms with Crippen LogP contribution in [0.25, 0.3) is 22.4 Å². The molecule has 0 aliphatic rings. The zero-order valence-corrected chi connectivity index (χ0v) is 19.7. The maximum atomic E-state index is 14.8. The van der Waals surface area contributed by atoms with Crippen LogP contribution in [0.4, 0.5) is 10.1 Å². The lowest BCUT2D eigenvalue weighted by Gasteiger charge is -2.14. The van der Waals surface area contributed by atoms with Crippen LogP contribution in [0.5, 0.6) is 0 Å². The van der Waals surface area contributed by atoms with E-state index in [2.05, 4.69) is 15.5 Å². The molecule has 4 rings (SSSR count). The van der Waals surface area contributed by atoms with Crippen LogP contribution in [0, 0.1) is 10.7 Å². The number of carbonyl (C=O) groups is 1. The molecule has 1 amide bonds. The molecule has 0 aliphatic carbocycles. The number of carbonyl (C=O) groups excluding carboxylic acids is 1. The van der Waals surface area contributed by atoms with Crippen LogP contribution in [-0.2, 0) is 6.54 Å². The van der Waals surface area contributed by atoms with Crippen LogP contribution >= 0.6 is 23.4 Å². The molecule has 0 fully saturated rings. The van der Waals surface area contributed by atoms with Crippen molar-refractivity contribution >= 4 is 35.0 Å². The van der Waals surface area contributed by atoms with Gasteiger partial charge in [0.25, 0.3) is 5.91 Å². The molecule has 34 heavy (non-hydrogen) atoms. The molecule has 0 unspecified atom stereocenters. The van der Waals surface area contributed by atoms with Crippen molar-refractivity contribution in [1.82, 2.24) is 4.98 Å². The Bertz CT molecular complexity index is 1370. The summed E-state index contributed by atoms with van der Waals surface area (Å²) in [5.41, 5.74) is 3.39. The molecule has 0 radical (unpaired) electrons. The molecule has 4 aromatic rings. The smallest absolute Gasteiger partial charge is 0.256 e. The first-order chi connectivity index (χ1) is 16.5. The Morgan fingerprint density at radius 2 is 1.88 bits per heavy atom. The molecule has 0 saturated heterocycles. The average molecular weight is 492 g/mol. The van der Waals surface area contributed by atoms with E-state index in [4.69, 9.17) is 11.6 Å². The first kappa shape index (κ1) is 23.6. The van der Waals surface area contributed by atoms with Crippen molar-refractivity contribution in [2.45, 2.75) is 11.4 Å². The number of pyridine rings is 1. The van der Waals surface area contributed by atoms with Crippen LogP contribution in [0.15, 0.2) is 89.1 Å². The Balaban J connectivity index is 1.73. The van der Waals surface area contributed by atoms with Gasteiger partial charge in [-0.05, 0) is 78.0 Å². The zero-order chi connectivity index (χ0) is 24.1. The van der Waals surface area contributed by atoms with Crippen molar-refractivity contribution in [2.75, 3.05) is 11.6 Å². The predicted molar refractivity (Wildman–Crippen MR) is 136 cm³/mol. The van der Waals surface area contributed by atoms with Gasteiger partial charge in [-0.2, -0.15) is 4.91 Å². The van der Waals surface area contributed by atoms with Gasteiger partial charge in [0.2, 0.25) is 0 Å². The third kappa shape index (κ3) is 5.16. The van der Waals surface area contributed by atoms with E-state index in [1.807, 2.05) is 24.5 Å². The summed E-state index contributed by atoms with van der Waals surface area (Å²) in [5, 5.41) is 6.27. The summed E-state index contributed by atoms with van der Waals surface area (Å²) in [6.07, 6.45) is 3.56. The molecular formula is C26H19ClFN3O2S. The Labute approximate surface area is 205 Å². The van der Waals surface area contributed by atoms with Gasteiger partial charge in [0.05, 0.1) is 10.7 Å². The lowest BCUT2D eigenvalue weighted by molar-refractivity contribution is 0.102. The molecule has 0 spiro atoms. The fourth-order valence-electron chi connectivity index (χ4n) is 3.54. The summed E-state index contributed by atoms with van der Waals surface area (Å²) < 4.78 is 14.8. The average Bonchev–Trinajstić information content (AvgIpc) is 2.86. The van der Waals surface area contributed by atoms with Gasteiger partial charge in [-0.15, -0.1) is 11.8 Å². The van der Waals surface area contributed by atoms with Crippen LogP contribution in [0.1, 0.15) is 15.9 Å². The van der Waals surface area contributed by atoms with E-state index >= 15 is 0 Å². The van der Waals surface area contributed by atoms with Crippen molar-refractivity contribution in [2.24, 2.45) is 5.18 Å². The summed E-state index contributed by atoms with van der Waals surface area (Å²) in [7, 11) is 0. The SMILES string of the molecule is CSc1ccc(C(=O)Nc2ccc(Cl)c(-c3ccccn3)c2)c(-c2cc(CN=O)ccc2F)c1. The highest BCUT2D eigenvalue weighted by Crippen LogP contribution is 2.33. The highest BCUT2D eigenvalue weighted by Gasteiger charge is 2.18. The number of benzene rings is 3. The van der Waals surface area contributed by atoms with Crippen LogP contribution in [0.3, 0.4) is 0 Å². The minimum Gasteiger partial charge on any atom is -0.322 e. The number of anilines is 1. The number of nitroso groups, excluding NO2 is 1. The molecule has 0 aliphatic heterocycles. The first-order valence-corrected chi connectivity index (χ1v) is 11.9. The number of halogens is 2. The number of nitrogens with one attached hydrogen (secondary N) is 1. The minimum atomic E-state index is -0.495. The fraction of sp³-hybridized carbons (Fsp3) is 0.0769. The molecule has 8 heteroatoms. The molecule has 0 atom stereocenters. The molecule has 170 valence electrons. The summed E-state index contributed by atoms with van der Waals surface area (Å²) in [6, 6.07) is 20.2. The third-order valence-corrected chi connectivity index (χ3v) is 6.26. The zero-order valence-electron chi connectivity index (χ0n) is 18.1. The monoisotopic (exact) mass is 491 g/mol. The second-order valence-corrected chi connectivity index (χ2v) is 8.66. The van der Waals surface area contributed by atoms with Gasteiger partial charge in [-0.25, -0.2) is 4.39 Å². The topological polar surface area (TPSA) is 71.4 Å². The van der Waals surface area contributed by atoms with Crippen molar-refractivity contribution in [3.05, 3.63) is 106 Å². The third-order valence-electron chi connectivity index (χ3n) is 5.20. The second-order valence-electron chi connectivity index (χ2n) is 7.38. The number of amides is 1. The van der Waals surface area contributed by atoms with E-state index in [9.17, 15) is 14.1 Å². The predicted octanol–water partition coefficient (Wildman–Crippen LogP) is 7.45. The van der Waals surface area contributed by atoms with Crippen molar-refractivity contribution in [3.63, 3.8) is 0 Å². The van der Waals surface area contributed by atoms with E-state index < -0.39 is 11.7 Å². The highest BCUT2D eigenvalue weighted by atomic mass is 35.5. The normalized spacial score (nSPS) is 10.7. The van der Waals surface area contributed by atoms with Gasteiger partial charge in [-0.3, -0.25) is 9.78 Å². The van der Waals surface area contributed by atoms with Gasteiger partial charge in [-0.1, -0.05) is 28.9 Å². The van der Waals surface area contributed by atoms with Gasteiger partial charge >= 0.3 is 0 Å². The van der Waals surface area contributed by atoms with Crippen molar-refractivity contribution in [1.29, 1.82) is 0 Å². The van der Waals surface area contributed by atoms with Crippen molar-refractivity contribution < 1.29 is 9.18 Å². The summed E-state index contributed by atoms with van der Waals surface area (Å²) in [6.45, 7) is -0.0852. The molecule has 0 saturated carbocycles. The molecule has 0 bridgehead atoms. The molecule has 1 N–H and O–H groups in total. The number of rotatable bonds is 7. The first-order valence-electron chi connectivity index (χ1n) is 10.3. The number of thioether (sulfide) groups is 1. The molecule has 1 aromatic heterocycles. The molecule has 5 nitrogen and oxygen atoms in total. The number of hydrogen-bond donors (Lipinski definition) is 1. The van der Waals surface area contributed by atoms with E-state index in [-0.39, 0.29) is 12.1 Å². The Hall–Kier alpha value is -3.55. The largest absolute Gasteiger partial charge is 0.322 e. The second kappa shape index (κ2) is 10.6. The van der Waals surface area contributed by atoms with Crippen LogP contribution < -0.4 is 5.32 Å². The maximum Gasteiger partial charge on any atom is 0.256 e. The molecular weight excluding hydrogens is 473 g/mol. The number of hydrogen-bond acceptors (Lipinski definition) is 5. The Kier molecular flexibility index (Phi) is 7.35. The van der Waals surface area contributed by atoms with Gasteiger partial charge in [0.1, 0.15) is 12.4 Å². The lowest BCUT2D eigenvalue weighted by Crippen LogP contribution is -2.13. The fourth-order valence-corrected chi connectivity index (χ4v) is 4.20. The van der Waals surface area contributed by atoms with Gasteiger partial charge in [0, 0.05) is 33.5 Å². The summed E-state index contributed by atoms with van der Waals surface area (Å²) in [4.78, 5) is 29.2. The highest BCUT2D eigenvalue weighted by molar-refractivity contribution is 7.98. The quantitative estimate of drug-likeness (QED) is 0.215. The van der Waals surface area contributed by atoms with E-state index in [0.29, 0.717) is 38.7 Å². The summed E-state index contributed by atoms with van der Waals surface area (Å²) in [5.74, 6) is -0.902. The van der Waals surface area contributed by atoms with Crippen LogP contribution in [0.2, 0.25) is 5.02 Å². The summed E-state index contributed by atoms with van der Waals surface area (Å²) >= 11 is 7.83. The Morgan fingerprint density at radius 1 is 1.03 bits per heavy atom. The van der Waals surface area contributed by atoms with E-state index in [1.165, 1.54) is 23.9 Å². The molecule has 1 heterocycles. The van der Waals surface area contributed by atoms with E-state index in [1.54, 1.807) is 48.7 Å². The minimum absolute atomic E-state index is 0.0852. The van der Waals surface area contributed by atoms with Crippen molar-refractivity contribution in [3.8, 4) is 22.4 Å². The lowest BCUT2D eigenvalue weighted by atomic mass is 9.96. The Morgan fingerprint density at radius 3 is 2.62 bits per heavy atom. The van der Waals surface area contributed by atoms with Crippen LogP contribution in [-0.4, -0.2) is 17.1 Å². The standard InChI is InChI=1S/C26H19ClFN3O2S/c1-34-18-7-8-19(20(14-18)21-12-16(15-30-33)5-10-24(21)28)26(32)31-17-6-9-23(27)22(13-17)25-4-2-3-11-29-25/h2-14H,15H2,1H3,(H,31,32). The maximum absolute atomic E-state index is 14.8. The molecule has 3 aromatic carbocycles. The number of nitrogens with zero attached hydrogens (tertiary/aromatic N) is 2. The van der Waals surface area contributed by atoms with E-state index in [0.717, 1.165) is 4.90 Å². The van der Waals surface area contributed by atoms with Gasteiger partial charge < -0.3 is 5.32 Å². The number of aromatic nitrogens is 1.